The number of aromatic nitrogens is 3. The first-order valence-corrected chi connectivity index (χ1v) is 13.1. The monoisotopic (exact) mass is 528 g/mol. The number of unbranched alkanes of at least 4 members (excludes halogenated alkanes) is 1. The van der Waals surface area contributed by atoms with Gasteiger partial charge in [-0.15, -0.1) is 0 Å². The molecule has 3 heterocycles. The van der Waals surface area contributed by atoms with Crippen LogP contribution in [0.5, 0.6) is 5.88 Å². The predicted molar refractivity (Wildman–Crippen MR) is 141 cm³/mol. The van der Waals surface area contributed by atoms with E-state index in [0.29, 0.717) is 43.3 Å². The highest BCUT2D eigenvalue weighted by molar-refractivity contribution is 6.07. The van der Waals surface area contributed by atoms with Crippen molar-refractivity contribution in [2.45, 2.75) is 64.7 Å². The summed E-state index contributed by atoms with van der Waals surface area (Å²) in [5.74, 6) is -0.688. The van der Waals surface area contributed by atoms with E-state index in [2.05, 4.69) is 10.3 Å². The molecule has 1 aromatic carbocycles. The summed E-state index contributed by atoms with van der Waals surface area (Å²) in [6.07, 6.45) is 5.87. The molecule has 1 atom stereocenters. The summed E-state index contributed by atoms with van der Waals surface area (Å²) in [4.78, 5) is 27.7. The SMILES string of the molecule is CC(C)(C)OC(=O)NCCCCOCCOc1nc2cc(C(=O)O)ccc2c2cn(C3CCCCO3)nc12. The van der Waals surface area contributed by atoms with Crippen LogP contribution in [0, 0.1) is 0 Å². The van der Waals surface area contributed by atoms with Gasteiger partial charge < -0.3 is 29.4 Å². The molecule has 1 amide bonds. The molecule has 4 rings (SSSR count). The van der Waals surface area contributed by atoms with Crippen molar-refractivity contribution in [2.24, 2.45) is 0 Å². The highest BCUT2D eigenvalue weighted by Gasteiger charge is 2.21. The number of hydrogen-bond donors (Lipinski definition) is 2. The summed E-state index contributed by atoms with van der Waals surface area (Å²) in [5, 5.41) is 18.5. The molecule has 11 heteroatoms. The number of benzene rings is 1. The minimum Gasteiger partial charge on any atom is -0.478 e. The number of rotatable bonds is 11. The molecular weight excluding hydrogens is 492 g/mol. The Morgan fingerprint density at radius 1 is 1.16 bits per heavy atom. The van der Waals surface area contributed by atoms with Gasteiger partial charge in [0, 0.05) is 36.7 Å². The van der Waals surface area contributed by atoms with Crippen LogP contribution in [0.2, 0.25) is 0 Å². The first kappa shape index (κ1) is 27.6. The topological polar surface area (TPSA) is 134 Å². The molecule has 0 bridgehead atoms. The van der Waals surface area contributed by atoms with Crippen LogP contribution >= 0.6 is 0 Å². The van der Waals surface area contributed by atoms with E-state index < -0.39 is 17.7 Å². The van der Waals surface area contributed by atoms with Gasteiger partial charge >= 0.3 is 12.1 Å². The molecular formula is C27H36N4O7. The molecule has 38 heavy (non-hydrogen) atoms. The van der Waals surface area contributed by atoms with Crippen molar-refractivity contribution >= 4 is 33.9 Å². The maximum absolute atomic E-state index is 11.7. The summed E-state index contributed by atoms with van der Waals surface area (Å²) >= 11 is 0. The Bertz CT molecular complexity index is 1260. The average Bonchev–Trinajstić information content (AvgIpc) is 3.33. The number of alkyl carbamates (subject to hydrolysis) is 1. The van der Waals surface area contributed by atoms with Gasteiger partial charge in [-0.2, -0.15) is 5.10 Å². The Morgan fingerprint density at radius 3 is 2.74 bits per heavy atom. The second-order valence-electron chi connectivity index (χ2n) is 10.2. The number of ether oxygens (including phenoxy) is 4. The van der Waals surface area contributed by atoms with Gasteiger partial charge in [-0.1, -0.05) is 6.07 Å². The third-order valence-corrected chi connectivity index (χ3v) is 5.99. The van der Waals surface area contributed by atoms with Crippen LogP contribution in [0.4, 0.5) is 4.79 Å². The number of carboxylic acid groups (broad SMARTS) is 1. The van der Waals surface area contributed by atoms with Crippen molar-refractivity contribution in [3.05, 3.63) is 30.0 Å². The van der Waals surface area contributed by atoms with E-state index in [4.69, 9.17) is 24.0 Å². The van der Waals surface area contributed by atoms with Crippen molar-refractivity contribution < 1.29 is 33.6 Å². The number of nitrogens with zero attached hydrogens (tertiary/aromatic N) is 3. The summed E-state index contributed by atoms with van der Waals surface area (Å²) < 4.78 is 24.5. The molecule has 11 nitrogen and oxygen atoms in total. The summed E-state index contributed by atoms with van der Waals surface area (Å²) in [6.45, 7) is 7.81. The molecule has 1 saturated heterocycles. The maximum atomic E-state index is 11.7. The third kappa shape index (κ3) is 7.32. The first-order chi connectivity index (χ1) is 18.2. The summed E-state index contributed by atoms with van der Waals surface area (Å²) in [5.41, 5.74) is 0.764. The third-order valence-electron chi connectivity index (χ3n) is 5.99. The van der Waals surface area contributed by atoms with Crippen molar-refractivity contribution in [1.82, 2.24) is 20.1 Å². The average molecular weight is 529 g/mol. The first-order valence-electron chi connectivity index (χ1n) is 13.1. The molecule has 2 N–H and O–H groups in total. The number of amides is 1. The Balaban J connectivity index is 1.34. The van der Waals surface area contributed by atoms with E-state index in [9.17, 15) is 14.7 Å². The molecule has 3 aromatic rings. The molecule has 1 unspecified atom stereocenters. The number of aromatic carboxylic acids is 1. The van der Waals surface area contributed by atoms with Crippen molar-refractivity contribution in [3.63, 3.8) is 0 Å². The lowest BCUT2D eigenvalue weighted by Gasteiger charge is -2.22. The second kappa shape index (κ2) is 12.4. The standard InChI is InChI=1S/C27H36N4O7/c1-27(2,3)38-26(34)28-11-5-7-12-35-14-15-37-24-23-20(17-31(30-23)22-8-4-6-13-36-22)19-10-9-18(25(32)33)16-21(19)29-24/h9-10,16-17,22H,4-8,11-15H2,1-3H3,(H,28,34)(H,32,33). The Labute approximate surface area is 221 Å². The van der Waals surface area contributed by atoms with Crippen LogP contribution in [0.25, 0.3) is 21.8 Å². The van der Waals surface area contributed by atoms with Crippen molar-refractivity contribution in [3.8, 4) is 5.88 Å². The van der Waals surface area contributed by atoms with E-state index in [1.54, 1.807) is 18.2 Å². The van der Waals surface area contributed by atoms with E-state index in [0.717, 1.165) is 42.9 Å². The predicted octanol–water partition coefficient (Wildman–Crippen LogP) is 4.68. The number of fused-ring (bicyclic) bond motifs is 3. The van der Waals surface area contributed by atoms with Crippen LogP contribution in [0.15, 0.2) is 24.4 Å². The smallest absolute Gasteiger partial charge is 0.407 e. The molecule has 1 aliphatic heterocycles. The number of hydrogen-bond acceptors (Lipinski definition) is 8. The summed E-state index contributed by atoms with van der Waals surface area (Å²) in [6, 6.07) is 4.87. The maximum Gasteiger partial charge on any atom is 0.407 e. The quantitative estimate of drug-likeness (QED) is 0.340. The molecule has 1 aliphatic rings. The molecule has 206 valence electrons. The van der Waals surface area contributed by atoms with Gasteiger partial charge in [-0.3, -0.25) is 0 Å². The van der Waals surface area contributed by atoms with Gasteiger partial charge in [0.2, 0.25) is 5.88 Å². The van der Waals surface area contributed by atoms with Gasteiger partial charge in [-0.05, 0) is 65.0 Å². The molecule has 1 fully saturated rings. The molecule has 2 aromatic heterocycles. The Hall–Kier alpha value is -3.44. The molecule has 0 radical (unpaired) electrons. The van der Waals surface area contributed by atoms with E-state index >= 15 is 0 Å². The van der Waals surface area contributed by atoms with Gasteiger partial charge in [0.15, 0.2) is 5.52 Å². The molecule has 0 spiro atoms. The fourth-order valence-electron chi connectivity index (χ4n) is 4.21. The van der Waals surface area contributed by atoms with E-state index in [1.807, 2.05) is 31.6 Å². The minimum atomic E-state index is -1.02. The van der Waals surface area contributed by atoms with Crippen LogP contribution in [0.3, 0.4) is 0 Å². The Morgan fingerprint density at radius 2 is 2.00 bits per heavy atom. The minimum absolute atomic E-state index is 0.148. The summed E-state index contributed by atoms with van der Waals surface area (Å²) in [7, 11) is 0. The fourth-order valence-corrected chi connectivity index (χ4v) is 4.21. The number of carbonyl (C=O) groups is 2. The largest absolute Gasteiger partial charge is 0.478 e. The Kier molecular flexibility index (Phi) is 9.01. The number of nitrogens with one attached hydrogen (secondary N) is 1. The van der Waals surface area contributed by atoms with Gasteiger partial charge in [0.25, 0.3) is 0 Å². The normalized spacial score (nSPS) is 16.0. The highest BCUT2D eigenvalue weighted by atomic mass is 16.6. The van der Waals surface area contributed by atoms with Gasteiger partial charge in [0.05, 0.1) is 17.7 Å². The van der Waals surface area contributed by atoms with Gasteiger partial charge in [-0.25, -0.2) is 19.3 Å². The zero-order valence-corrected chi connectivity index (χ0v) is 22.2. The van der Waals surface area contributed by atoms with E-state index in [1.165, 1.54) is 0 Å². The highest BCUT2D eigenvalue weighted by Crippen LogP contribution is 2.33. The molecule has 0 aliphatic carbocycles. The lowest BCUT2D eigenvalue weighted by molar-refractivity contribution is -0.0391. The zero-order valence-electron chi connectivity index (χ0n) is 22.2. The van der Waals surface area contributed by atoms with Crippen molar-refractivity contribution in [2.75, 3.05) is 33.0 Å². The van der Waals surface area contributed by atoms with Gasteiger partial charge in [0.1, 0.15) is 18.4 Å². The number of carboxylic acids is 1. The molecule has 0 saturated carbocycles. The van der Waals surface area contributed by atoms with Crippen LogP contribution < -0.4 is 10.1 Å². The number of pyridine rings is 1. The lowest BCUT2D eigenvalue weighted by atomic mass is 10.1. The lowest BCUT2D eigenvalue weighted by Crippen LogP contribution is -2.33. The van der Waals surface area contributed by atoms with Crippen LogP contribution in [-0.2, 0) is 14.2 Å². The number of carbonyl (C=O) groups excluding carboxylic acids is 1. The zero-order chi connectivity index (χ0) is 27.1. The van der Waals surface area contributed by atoms with Crippen molar-refractivity contribution in [1.29, 1.82) is 0 Å². The van der Waals surface area contributed by atoms with E-state index in [-0.39, 0.29) is 18.4 Å². The fraction of sp³-hybridized carbons (Fsp3) is 0.556. The van der Waals surface area contributed by atoms with Crippen LogP contribution in [-0.4, -0.2) is 70.5 Å². The second-order valence-corrected chi connectivity index (χ2v) is 10.2. The van der Waals surface area contributed by atoms with Crippen LogP contribution in [0.1, 0.15) is 69.5 Å².